The van der Waals surface area contributed by atoms with E-state index in [1.54, 1.807) is 46.1 Å². The first-order chi connectivity index (χ1) is 22.3. The lowest BCUT2D eigenvalue weighted by molar-refractivity contribution is -0.151. The monoisotopic (exact) mass is 629 g/mol. The summed E-state index contributed by atoms with van der Waals surface area (Å²) in [4.78, 5) is 49.2. The second kappa shape index (κ2) is 14.2. The number of amides is 3. The average molecular weight is 630 g/mol. The molecule has 3 amide bonds. The first kappa shape index (κ1) is 33.4. The number of methoxy groups -OCH3 is 1. The number of carbonyl (C=O) groups excluding carboxylic acids is 3. The zero-order valence-electron chi connectivity index (χ0n) is 27.1. The van der Waals surface area contributed by atoms with E-state index < -0.39 is 29.1 Å². The Kier molecular flexibility index (Phi) is 10.3. The van der Waals surface area contributed by atoms with Crippen LogP contribution >= 0.6 is 0 Å². The van der Waals surface area contributed by atoms with Gasteiger partial charge < -0.3 is 29.3 Å². The standard InChI is InChI=1S/C37H47N3O6/c1-5-22-38(26-27-14-10-8-11-15-27)33(42)30-31-34(43)40(24-12-9-13-25-41)32(37(31)21-20-36(30,7-3)46-37)35(44)39(23-6-2)28-16-18-29(45-4)19-17-28/h5-6,8,10-11,14-19,30-32,41H,1-2,7,9,12-13,20-26H2,3-4H3/t30-,31+,32?,36+,37?/m1/s1. The highest BCUT2D eigenvalue weighted by Gasteiger charge is 2.79. The summed E-state index contributed by atoms with van der Waals surface area (Å²) in [5.74, 6) is -1.45. The van der Waals surface area contributed by atoms with Gasteiger partial charge in [-0.05, 0) is 68.4 Å². The van der Waals surface area contributed by atoms with Crippen molar-refractivity contribution in [2.45, 2.75) is 69.2 Å². The van der Waals surface area contributed by atoms with Gasteiger partial charge in [0.05, 0.1) is 24.5 Å². The number of anilines is 1. The Morgan fingerprint density at radius 1 is 1.02 bits per heavy atom. The van der Waals surface area contributed by atoms with Gasteiger partial charge in [-0.25, -0.2) is 0 Å². The number of aliphatic hydroxyl groups excluding tert-OH is 1. The summed E-state index contributed by atoms with van der Waals surface area (Å²) >= 11 is 0. The lowest BCUT2D eigenvalue weighted by Crippen LogP contribution is -2.56. The third-order valence-electron chi connectivity index (χ3n) is 10.1. The van der Waals surface area contributed by atoms with E-state index in [1.165, 1.54) is 0 Å². The summed E-state index contributed by atoms with van der Waals surface area (Å²) in [5, 5.41) is 9.39. The molecule has 0 radical (unpaired) electrons. The molecule has 2 unspecified atom stereocenters. The smallest absolute Gasteiger partial charge is 0.253 e. The minimum atomic E-state index is -1.14. The molecule has 1 spiro atoms. The van der Waals surface area contributed by atoms with E-state index in [0.717, 1.165) is 5.56 Å². The minimum absolute atomic E-state index is 0.0622. The van der Waals surface area contributed by atoms with Crippen molar-refractivity contribution in [2.24, 2.45) is 11.8 Å². The van der Waals surface area contributed by atoms with E-state index in [0.29, 0.717) is 69.6 Å². The van der Waals surface area contributed by atoms with Crippen LogP contribution in [0.5, 0.6) is 5.75 Å². The third kappa shape index (κ3) is 5.86. The molecule has 3 heterocycles. The molecule has 2 aromatic rings. The van der Waals surface area contributed by atoms with Gasteiger partial charge in [0.25, 0.3) is 5.91 Å². The first-order valence-electron chi connectivity index (χ1n) is 16.4. The van der Waals surface area contributed by atoms with Crippen LogP contribution in [-0.4, -0.2) is 83.2 Å². The topological polar surface area (TPSA) is 99.6 Å². The number of hydrogen-bond acceptors (Lipinski definition) is 6. The first-order valence-corrected chi connectivity index (χ1v) is 16.4. The molecule has 2 bridgehead atoms. The highest BCUT2D eigenvalue weighted by molar-refractivity contribution is 6.05. The number of unbranched alkanes of at least 4 members (excludes halogenated alkanes) is 2. The van der Waals surface area contributed by atoms with Gasteiger partial charge in [0.15, 0.2) is 0 Å². The van der Waals surface area contributed by atoms with Crippen LogP contribution in [0.25, 0.3) is 0 Å². The normalized spacial score (nSPS) is 26.1. The number of hydrogen-bond donors (Lipinski definition) is 1. The fourth-order valence-corrected chi connectivity index (χ4v) is 7.93. The summed E-state index contributed by atoms with van der Waals surface area (Å²) in [7, 11) is 1.59. The molecule has 3 aliphatic rings. The molecule has 3 saturated heterocycles. The number of benzene rings is 2. The molecule has 0 aliphatic carbocycles. The van der Waals surface area contributed by atoms with Crippen LogP contribution in [0.3, 0.4) is 0 Å². The van der Waals surface area contributed by atoms with E-state index in [9.17, 15) is 19.5 Å². The molecule has 3 aliphatic heterocycles. The molecule has 3 fully saturated rings. The van der Waals surface area contributed by atoms with Gasteiger partial charge in [0.1, 0.15) is 17.4 Å². The van der Waals surface area contributed by atoms with E-state index in [4.69, 9.17) is 9.47 Å². The lowest BCUT2D eigenvalue weighted by Gasteiger charge is -2.37. The second-order valence-corrected chi connectivity index (χ2v) is 12.6. The van der Waals surface area contributed by atoms with Gasteiger partial charge in [0.2, 0.25) is 11.8 Å². The maximum Gasteiger partial charge on any atom is 0.253 e. The van der Waals surface area contributed by atoms with Crippen molar-refractivity contribution in [3.8, 4) is 5.75 Å². The summed E-state index contributed by atoms with van der Waals surface area (Å²) in [6.45, 7) is 11.2. The molecule has 5 rings (SSSR count). The van der Waals surface area contributed by atoms with E-state index in [1.807, 2.05) is 49.4 Å². The largest absolute Gasteiger partial charge is 0.497 e. The van der Waals surface area contributed by atoms with Crippen LogP contribution in [0.1, 0.15) is 51.0 Å². The van der Waals surface area contributed by atoms with Crippen LogP contribution in [0.2, 0.25) is 0 Å². The number of ether oxygens (including phenoxy) is 2. The Morgan fingerprint density at radius 2 is 1.74 bits per heavy atom. The molecule has 5 atom stereocenters. The fraction of sp³-hybridized carbons (Fsp3) is 0.486. The Balaban J connectivity index is 1.56. The molecular formula is C37H47N3O6. The summed E-state index contributed by atoms with van der Waals surface area (Å²) in [5.41, 5.74) is -0.347. The second-order valence-electron chi connectivity index (χ2n) is 12.6. The number of nitrogens with zero attached hydrogens (tertiary/aromatic N) is 3. The summed E-state index contributed by atoms with van der Waals surface area (Å²) in [6, 6.07) is 16.1. The highest BCUT2D eigenvalue weighted by Crippen LogP contribution is 2.64. The van der Waals surface area contributed by atoms with Crippen molar-refractivity contribution >= 4 is 23.4 Å². The van der Waals surface area contributed by atoms with E-state index in [-0.39, 0.29) is 30.9 Å². The number of rotatable bonds is 16. The quantitative estimate of drug-likeness (QED) is 0.213. The molecule has 9 heteroatoms. The molecule has 2 aromatic carbocycles. The maximum atomic E-state index is 14.8. The van der Waals surface area contributed by atoms with Crippen molar-refractivity contribution in [3.05, 3.63) is 85.5 Å². The molecule has 9 nitrogen and oxygen atoms in total. The molecule has 1 N–H and O–H groups in total. The van der Waals surface area contributed by atoms with Crippen molar-refractivity contribution in [3.63, 3.8) is 0 Å². The number of fused-ring (bicyclic) bond motifs is 1. The maximum absolute atomic E-state index is 14.8. The third-order valence-corrected chi connectivity index (χ3v) is 10.1. The number of carbonyl (C=O) groups is 3. The summed E-state index contributed by atoms with van der Waals surface area (Å²) in [6.07, 6.45) is 6.96. The average Bonchev–Trinajstić information content (AvgIpc) is 3.68. The Morgan fingerprint density at radius 3 is 2.37 bits per heavy atom. The van der Waals surface area contributed by atoms with Crippen LogP contribution < -0.4 is 9.64 Å². The van der Waals surface area contributed by atoms with Gasteiger partial charge in [-0.3, -0.25) is 14.4 Å². The van der Waals surface area contributed by atoms with Crippen molar-refractivity contribution in [1.82, 2.24) is 9.80 Å². The SMILES string of the molecule is C=CCN(Cc1ccccc1)C(=O)[C@H]1[C@H]2C(=O)N(CCCCCO)C(C(=O)N(CC=C)c3ccc(OC)cc3)C23CC[C@]1(CC)O3. The Bertz CT molecular complexity index is 1410. The Hall–Kier alpha value is -3.95. The van der Waals surface area contributed by atoms with Crippen LogP contribution in [-0.2, 0) is 25.7 Å². The predicted molar refractivity (Wildman–Crippen MR) is 177 cm³/mol. The fourth-order valence-electron chi connectivity index (χ4n) is 7.93. The van der Waals surface area contributed by atoms with Gasteiger partial charge >= 0.3 is 0 Å². The minimum Gasteiger partial charge on any atom is -0.497 e. The molecular weight excluding hydrogens is 582 g/mol. The summed E-state index contributed by atoms with van der Waals surface area (Å²) < 4.78 is 12.4. The van der Waals surface area contributed by atoms with Crippen molar-refractivity contribution in [2.75, 3.05) is 38.3 Å². The van der Waals surface area contributed by atoms with Gasteiger partial charge in [-0.2, -0.15) is 0 Å². The van der Waals surface area contributed by atoms with Crippen LogP contribution in [0.15, 0.2) is 79.9 Å². The molecule has 0 saturated carbocycles. The predicted octanol–water partition coefficient (Wildman–Crippen LogP) is 4.75. The zero-order valence-corrected chi connectivity index (χ0v) is 27.1. The van der Waals surface area contributed by atoms with Crippen LogP contribution in [0, 0.1) is 11.8 Å². The lowest BCUT2D eigenvalue weighted by atomic mass is 9.64. The highest BCUT2D eigenvalue weighted by atomic mass is 16.5. The molecule has 46 heavy (non-hydrogen) atoms. The van der Waals surface area contributed by atoms with Gasteiger partial charge in [0, 0.05) is 38.5 Å². The van der Waals surface area contributed by atoms with E-state index >= 15 is 0 Å². The van der Waals surface area contributed by atoms with Gasteiger partial charge in [-0.15, -0.1) is 13.2 Å². The van der Waals surface area contributed by atoms with Crippen molar-refractivity contribution in [1.29, 1.82) is 0 Å². The number of likely N-dealkylation sites (tertiary alicyclic amines) is 1. The van der Waals surface area contributed by atoms with Gasteiger partial charge in [-0.1, -0.05) is 49.4 Å². The zero-order chi connectivity index (χ0) is 32.9. The molecule has 0 aromatic heterocycles. The van der Waals surface area contributed by atoms with E-state index in [2.05, 4.69) is 13.2 Å². The number of aliphatic hydroxyl groups is 1. The Labute approximate surface area is 272 Å². The van der Waals surface area contributed by atoms with Crippen molar-refractivity contribution < 1.29 is 29.0 Å². The van der Waals surface area contributed by atoms with Crippen LogP contribution in [0.4, 0.5) is 5.69 Å². The molecule has 246 valence electrons.